The molecule has 0 fully saturated rings. The summed E-state index contributed by atoms with van der Waals surface area (Å²) in [6.45, 7) is 4.31. The second-order valence-corrected chi connectivity index (χ2v) is 14.7. The number of rotatable bonds is 32. The molecule has 0 rings (SSSR count). The first-order valence-corrected chi connectivity index (χ1v) is 19.6. The number of phosphoric ester groups is 1. The van der Waals surface area contributed by atoms with Crippen LogP contribution < -0.4 is 0 Å². The number of unbranched alkanes of at least 4 members (excludes halogenated alkanes) is 15. The quantitative estimate of drug-likeness (QED) is 0.0247. The Balaban J connectivity index is 4.41. The molecule has 0 aliphatic heterocycles. The van der Waals surface area contributed by atoms with Crippen molar-refractivity contribution in [2.24, 2.45) is 0 Å². The van der Waals surface area contributed by atoms with Crippen molar-refractivity contribution in [2.45, 2.75) is 148 Å². The zero-order valence-corrected chi connectivity index (χ0v) is 31.0. The Morgan fingerprint density at radius 2 is 1.15 bits per heavy atom. The van der Waals surface area contributed by atoms with Crippen LogP contribution in [-0.2, 0) is 32.7 Å². The lowest BCUT2D eigenvalue weighted by Gasteiger charge is -2.24. The molecule has 0 heterocycles. The van der Waals surface area contributed by atoms with E-state index in [4.69, 9.17) is 18.5 Å². The minimum absolute atomic E-state index is 0.0300. The number of hydrogen-bond donors (Lipinski definition) is 1. The van der Waals surface area contributed by atoms with Crippen LogP contribution in [-0.4, -0.2) is 74.9 Å². The molecule has 0 aliphatic carbocycles. The monoisotopic (exact) mass is 674 g/mol. The van der Waals surface area contributed by atoms with Gasteiger partial charge in [-0.25, -0.2) is 4.57 Å². The summed E-state index contributed by atoms with van der Waals surface area (Å²) >= 11 is 0. The first-order chi connectivity index (χ1) is 22.0. The molecule has 0 aromatic rings. The van der Waals surface area contributed by atoms with Gasteiger partial charge in [-0.05, 0) is 38.5 Å². The third-order valence-corrected chi connectivity index (χ3v) is 8.50. The van der Waals surface area contributed by atoms with Crippen molar-refractivity contribution in [1.82, 2.24) is 0 Å². The Morgan fingerprint density at radius 3 is 1.70 bits per heavy atom. The van der Waals surface area contributed by atoms with E-state index in [0.717, 1.165) is 64.2 Å². The maximum atomic E-state index is 12.5. The lowest BCUT2D eigenvalue weighted by Crippen LogP contribution is -2.37. The zero-order valence-electron chi connectivity index (χ0n) is 30.1. The Kier molecular flexibility index (Phi) is 28.6. The summed E-state index contributed by atoms with van der Waals surface area (Å²) < 4.78 is 34.0. The van der Waals surface area contributed by atoms with Gasteiger partial charge < -0.3 is 18.9 Å². The minimum atomic E-state index is -4.36. The summed E-state index contributed by atoms with van der Waals surface area (Å²) in [7, 11) is 1.46. The van der Waals surface area contributed by atoms with Gasteiger partial charge in [0.1, 0.15) is 19.8 Å². The molecule has 0 saturated heterocycles. The number of nitrogens with zero attached hydrogens (tertiary/aromatic N) is 1. The van der Waals surface area contributed by atoms with Crippen molar-refractivity contribution >= 4 is 19.8 Å². The highest BCUT2D eigenvalue weighted by Crippen LogP contribution is 2.43. The summed E-state index contributed by atoms with van der Waals surface area (Å²) in [4.78, 5) is 34.9. The van der Waals surface area contributed by atoms with Crippen LogP contribution in [0.3, 0.4) is 0 Å². The highest BCUT2D eigenvalue weighted by atomic mass is 31.2. The molecule has 1 N–H and O–H groups in total. The predicted molar refractivity (Wildman–Crippen MR) is 187 cm³/mol. The van der Waals surface area contributed by atoms with Gasteiger partial charge in [0.05, 0.1) is 27.7 Å². The molecule has 0 bridgehead atoms. The van der Waals surface area contributed by atoms with Gasteiger partial charge in [0.2, 0.25) is 0 Å². The molecule has 1 unspecified atom stereocenters. The fourth-order valence-electron chi connectivity index (χ4n) is 4.59. The summed E-state index contributed by atoms with van der Waals surface area (Å²) in [6, 6.07) is 0. The lowest BCUT2D eigenvalue weighted by molar-refractivity contribution is -0.870. The number of phosphoric acid groups is 1. The Hall–Kier alpha value is -1.51. The van der Waals surface area contributed by atoms with E-state index in [1.165, 1.54) is 44.9 Å². The van der Waals surface area contributed by atoms with Crippen LogP contribution in [0.2, 0.25) is 0 Å². The fourth-order valence-corrected chi connectivity index (χ4v) is 5.33. The van der Waals surface area contributed by atoms with E-state index in [2.05, 4.69) is 38.2 Å². The van der Waals surface area contributed by atoms with E-state index in [1.807, 2.05) is 21.1 Å². The van der Waals surface area contributed by atoms with E-state index in [0.29, 0.717) is 17.4 Å². The third kappa shape index (κ3) is 32.4. The fraction of sp³-hybridized carbons (Fsp3) is 0.833. The topological polar surface area (TPSA) is 108 Å². The van der Waals surface area contributed by atoms with Crippen LogP contribution in [0.1, 0.15) is 142 Å². The number of allylic oxidation sites excluding steroid dienone is 4. The van der Waals surface area contributed by atoms with Gasteiger partial charge in [0.25, 0.3) is 0 Å². The summed E-state index contributed by atoms with van der Waals surface area (Å²) in [5.74, 6) is -0.825. The van der Waals surface area contributed by atoms with E-state index < -0.39 is 26.5 Å². The second kappa shape index (κ2) is 29.6. The van der Waals surface area contributed by atoms with Gasteiger partial charge in [0, 0.05) is 12.8 Å². The van der Waals surface area contributed by atoms with Crippen molar-refractivity contribution < 1.29 is 42.1 Å². The number of carbonyl (C=O) groups is 2. The van der Waals surface area contributed by atoms with Crippen LogP contribution in [0.4, 0.5) is 0 Å². The summed E-state index contributed by atoms with van der Waals surface area (Å²) in [5.41, 5.74) is 0. The smallest absolute Gasteiger partial charge is 0.462 e. The number of esters is 2. The standard InChI is InChI=1S/C36H68NO8P/c1-6-8-10-12-14-15-16-17-18-19-20-21-23-24-26-28-35(38)42-32-34(33-44-46(40,41)43-31-30-37(3,4)5)45-36(39)29-27-25-22-13-11-9-7-2/h15-18,34H,6-14,19-33H2,1-5H3/p+1/b16-15+,18-17+/t34-/m0/s1. The molecule has 46 heavy (non-hydrogen) atoms. The maximum absolute atomic E-state index is 12.5. The average molecular weight is 675 g/mol. The Morgan fingerprint density at radius 1 is 0.674 bits per heavy atom. The molecule has 0 saturated carbocycles. The molecule has 0 aliphatic rings. The van der Waals surface area contributed by atoms with Gasteiger partial charge in [0.15, 0.2) is 6.10 Å². The SMILES string of the molecule is CCCCCC/C=C/C=C/CCCCCCCC(=O)OC[C@@H](COP(=O)(O)OCC[N+](C)(C)C)OC(=O)CCCCCCCCC. The zero-order chi connectivity index (χ0) is 34.4. The summed E-state index contributed by atoms with van der Waals surface area (Å²) in [5, 5.41) is 0. The molecular weight excluding hydrogens is 605 g/mol. The van der Waals surface area contributed by atoms with Gasteiger partial charge >= 0.3 is 19.8 Å². The van der Waals surface area contributed by atoms with Gasteiger partial charge in [-0.3, -0.25) is 18.6 Å². The lowest BCUT2D eigenvalue weighted by atomic mass is 10.1. The summed E-state index contributed by atoms with van der Waals surface area (Å²) in [6.07, 6.45) is 28.1. The number of quaternary nitrogens is 1. The Labute approximate surface area is 281 Å². The molecule has 270 valence electrons. The van der Waals surface area contributed by atoms with Gasteiger partial charge in [-0.2, -0.15) is 0 Å². The molecule has 0 amide bonds. The van der Waals surface area contributed by atoms with Crippen molar-refractivity contribution in [3.8, 4) is 0 Å². The van der Waals surface area contributed by atoms with E-state index in [1.54, 1.807) is 0 Å². The third-order valence-electron chi connectivity index (χ3n) is 7.51. The Bertz CT molecular complexity index is 855. The number of likely N-dealkylation sites (N-methyl/N-ethyl adjacent to an activating group) is 1. The highest BCUT2D eigenvalue weighted by Gasteiger charge is 2.27. The average Bonchev–Trinajstić information content (AvgIpc) is 2.99. The maximum Gasteiger partial charge on any atom is 0.472 e. The van der Waals surface area contributed by atoms with Crippen molar-refractivity contribution in [3.05, 3.63) is 24.3 Å². The second-order valence-electron chi connectivity index (χ2n) is 13.3. The van der Waals surface area contributed by atoms with Crippen LogP contribution >= 0.6 is 7.82 Å². The van der Waals surface area contributed by atoms with Gasteiger partial charge in [-0.15, -0.1) is 0 Å². The van der Waals surface area contributed by atoms with E-state index >= 15 is 0 Å². The molecule has 0 radical (unpaired) electrons. The van der Waals surface area contributed by atoms with Crippen LogP contribution in [0.25, 0.3) is 0 Å². The first-order valence-electron chi connectivity index (χ1n) is 18.1. The molecule has 10 heteroatoms. The molecular formula is C36H69NO8P+. The van der Waals surface area contributed by atoms with Crippen molar-refractivity contribution in [2.75, 3.05) is 47.5 Å². The van der Waals surface area contributed by atoms with Crippen LogP contribution in [0.15, 0.2) is 24.3 Å². The van der Waals surface area contributed by atoms with Crippen molar-refractivity contribution in [1.29, 1.82) is 0 Å². The molecule has 2 atom stereocenters. The minimum Gasteiger partial charge on any atom is -0.462 e. The normalized spacial score (nSPS) is 14.1. The molecule has 9 nitrogen and oxygen atoms in total. The molecule has 0 aromatic heterocycles. The largest absolute Gasteiger partial charge is 0.472 e. The number of hydrogen-bond acceptors (Lipinski definition) is 7. The van der Waals surface area contributed by atoms with Crippen LogP contribution in [0.5, 0.6) is 0 Å². The van der Waals surface area contributed by atoms with E-state index in [9.17, 15) is 19.0 Å². The first kappa shape index (κ1) is 44.5. The van der Waals surface area contributed by atoms with Crippen LogP contribution in [0, 0.1) is 0 Å². The highest BCUT2D eigenvalue weighted by molar-refractivity contribution is 7.47. The van der Waals surface area contributed by atoms with Gasteiger partial charge in [-0.1, -0.05) is 115 Å². The molecule has 0 aromatic carbocycles. The van der Waals surface area contributed by atoms with E-state index in [-0.39, 0.29) is 32.0 Å². The number of ether oxygens (including phenoxy) is 2. The predicted octanol–water partition coefficient (Wildman–Crippen LogP) is 9.24. The van der Waals surface area contributed by atoms with Crippen molar-refractivity contribution in [3.63, 3.8) is 0 Å². The molecule has 0 spiro atoms. The number of carbonyl (C=O) groups excluding carboxylic acids is 2.